The molecule has 0 spiro atoms. The molecule has 6 nitrogen and oxygen atoms in total. The number of rotatable bonds is 6. The number of benzene rings is 1. The highest BCUT2D eigenvalue weighted by Crippen LogP contribution is 2.29. The van der Waals surface area contributed by atoms with Crippen LogP contribution in [0.5, 0.6) is 5.75 Å². The third-order valence-electron chi connectivity index (χ3n) is 2.91. The van der Waals surface area contributed by atoms with E-state index in [9.17, 15) is 8.42 Å². The second-order valence-corrected chi connectivity index (χ2v) is 6.49. The Kier molecular flexibility index (Phi) is 4.54. The average molecular weight is 310 g/mol. The van der Waals surface area contributed by atoms with Crippen LogP contribution in [0, 0.1) is 0 Å². The predicted molar refractivity (Wildman–Crippen MR) is 79.4 cm³/mol. The molecule has 1 heterocycles. The zero-order valence-electron chi connectivity index (χ0n) is 11.9. The molecule has 0 atom stereocenters. The third-order valence-corrected chi connectivity index (χ3v) is 4.74. The molecule has 0 unspecified atom stereocenters. The maximum Gasteiger partial charge on any atom is 0.246 e. The lowest BCUT2D eigenvalue weighted by Gasteiger charge is -2.18. The van der Waals surface area contributed by atoms with Gasteiger partial charge in [0.1, 0.15) is 16.4 Å². The molecule has 0 aliphatic carbocycles. The van der Waals surface area contributed by atoms with Crippen LogP contribution < -0.4 is 10.5 Å². The first kappa shape index (κ1) is 15.4. The monoisotopic (exact) mass is 310 g/mol. The van der Waals surface area contributed by atoms with Crippen LogP contribution >= 0.6 is 0 Å². The van der Waals surface area contributed by atoms with Crippen molar-refractivity contribution in [1.82, 2.24) is 4.31 Å². The van der Waals surface area contributed by atoms with Crippen LogP contribution in [0.3, 0.4) is 0 Å². The van der Waals surface area contributed by atoms with Gasteiger partial charge in [-0.25, -0.2) is 8.42 Å². The number of sulfonamides is 1. The number of hydrogen-bond donors (Lipinski definition) is 1. The van der Waals surface area contributed by atoms with E-state index in [-0.39, 0.29) is 17.2 Å². The minimum Gasteiger partial charge on any atom is -0.492 e. The fourth-order valence-corrected chi connectivity index (χ4v) is 3.18. The first-order valence-electron chi connectivity index (χ1n) is 6.46. The summed E-state index contributed by atoms with van der Waals surface area (Å²) in [6.45, 7) is 2.29. The molecule has 21 heavy (non-hydrogen) atoms. The SMILES string of the molecule is CCOc1ccc(N)cc1S(=O)(=O)N(C)Cc1ccco1. The van der Waals surface area contributed by atoms with Crippen molar-refractivity contribution in [3.05, 3.63) is 42.4 Å². The van der Waals surface area contributed by atoms with E-state index in [2.05, 4.69) is 0 Å². The number of hydrogen-bond acceptors (Lipinski definition) is 5. The number of anilines is 1. The smallest absolute Gasteiger partial charge is 0.246 e. The van der Waals surface area contributed by atoms with Gasteiger partial charge in [0.2, 0.25) is 10.0 Å². The van der Waals surface area contributed by atoms with Gasteiger partial charge in [0.15, 0.2) is 0 Å². The minimum atomic E-state index is -3.72. The Balaban J connectivity index is 2.36. The Hall–Kier alpha value is -1.99. The molecule has 0 fully saturated rings. The summed E-state index contributed by atoms with van der Waals surface area (Å²) in [6.07, 6.45) is 1.50. The van der Waals surface area contributed by atoms with Gasteiger partial charge in [-0.1, -0.05) is 0 Å². The van der Waals surface area contributed by atoms with E-state index >= 15 is 0 Å². The molecule has 0 saturated heterocycles. The normalized spacial score (nSPS) is 11.8. The van der Waals surface area contributed by atoms with Gasteiger partial charge in [-0.05, 0) is 37.3 Å². The van der Waals surface area contributed by atoms with Gasteiger partial charge < -0.3 is 14.9 Å². The van der Waals surface area contributed by atoms with E-state index in [1.54, 1.807) is 31.2 Å². The van der Waals surface area contributed by atoms with Crippen molar-refractivity contribution >= 4 is 15.7 Å². The minimum absolute atomic E-state index is 0.0541. The zero-order chi connectivity index (χ0) is 15.5. The maximum atomic E-state index is 12.7. The number of ether oxygens (including phenoxy) is 1. The molecule has 1 aromatic heterocycles. The highest BCUT2D eigenvalue weighted by molar-refractivity contribution is 7.89. The highest BCUT2D eigenvalue weighted by atomic mass is 32.2. The molecule has 114 valence electrons. The van der Waals surface area contributed by atoms with Gasteiger partial charge >= 0.3 is 0 Å². The van der Waals surface area contributed by atoms with E-state index in [1.807, 2.05) is 0 Å². The molecule has 2 aromatic rings. The van der Waals surface area contributed by atoms with E-state index in [0.717, 1.165) is 0 Å². The fourth-order valence-electron chi connectivity index (χ4n) is 1.88. The van der Waals surface area contributed by atoms with Gasteiger partial charge in [-0.3, -0.25) is 0 Å². The van der Waals surface area contributed by atoms with Crippen LogP contribution in [-0.2, 0) is 16.6 Å². The summed E-state index contributed by atoms with van der Waals surface area (Å²) < 4.78 is 37.1. The Labute approximate surface area is 124 Å². The molecule has 2 N–H and O–H groups in total. The molecule has 0 aliphatic heterocycles. The van der Waals surface area contributed by atoms with E-state index in [1.165, 1.54) is 23.7 Å². The van der Waals surface area contributed by atoms with Crippen LogP contribution in [0.1, 0.15) is 12.7 Å². The molecule has 0 saturated carbocycles. The van der Waals surface area contributed by atoms with Crippen molar-refractivity contribution in [3.8, 4) is 5.75 Å². The van der Waals surface area contributed by atoms with E-state index < -0.39 is 10.0 Å². The number of furan rings is 1. The van der Waals surface area contributed by atoms with Gasteiger partial charge in [0.05, 0.1) is 19.4 Å². The lowest BCUT2D eigenvalue weighted by atomic mass is 10.3. The average Bonchev–Trinajstić information content (AvgIpc) is 2.93. The van der Waals surface area contributed by atoms with Crippen molar-refractivity contribution in [3.63, 3.8) is 0 Å². The Morgan fingerprint density at radius 1 is 1.33 bits per heavy atom. The van der Waals surface area contributed by atoms with Crippen molar-refractivity contribution in [2.75, 3.05) is 19.4 Å². The standard InChI is InChI=1S/C14H18N2O4S/c1-3-19-13-7-6-11(15)9-14(13)21(17,18)16(2)10-12-5-4-8-20-12/h4-9H,3,10,15H2,1-2H3. The number of nitrogens with two attached hydrogens (primary N) is 1. The first-order valence-corrected chi connectivity index (χ1v) is 7.90. The highest BCUT2D eigenvalue weighted by Gasteiger charge is 2.26. The molecule has 0 amide bonds. The molecule has 0 radical (unpaired) electrons. The number of nitrogens with zero attached hydrogens (tertiary/aromatic N) is 1. The quantitative estimate of drug-likeness (QED) is 0.826. The first-order chi connectivity index (χ1) is 9.95. The second-order valence-electron chi connectivity index (χ2n) is 4.48. The summed E-state index contributed by atoms with van der Waals surface area (Å²) in [6, 6.07) is 8.00. The summed E-state index contributed by atoms with van der Waals surface area (Å²) in [7, 11) is -2.24. The molecule has 2 rings (SSSR count). The molecular formula is C14H18N2O4S. The summed E-state index contributed by atoms with van der Waals surface area (Å²) in [5.41, 5.74) is 6.06. The summed E-state index contributed by atoms with van der Waals surface area (Å²) in [5, 5.41) is 0. The maximum absolute atomic E-state index is 12.7. The Morgan fingerprint density at radius 3 is 2.71 bits per heavy atom. The van der Waals surface area contributed by atoms with E-state index in [4.69, 9.17) is 14.9 Å². The van der Waals surface area contributed by atoms with Crippen LogP contribution in [0.25, 0.3) is 0 Å². The van der Waals surface area contributed by atoms with Crippen LogP contribution in [0.15, 0.2) is 45.9 Å². The summed E-state index contributed by atoms with van der Waals surface area (Å²) in [5.74, 6) is 0.848. The molecule has 1 aromatic carbocycles. The molecule has 0 bridgehead atoms. The largest absolute Gasteiger partial charge is 0.492 e. The van der Waals surface area contributed by atoms with Crippen molar-refractivity contribution in [2.45, 2.75) is 18.4 Å². The van der Waals surface area contributed by atoms with Crippen molar-refractivity contribution < 1.29 is 17.6 Å². The molecule has 0 aliphatic rings. The van der Waals surface area contributed by atoms with Crippen LogP contribution in [-0.4, -0.2) is 26.4 Å². The van der Waals surface area contributed by atoms with Crippen molar-refractivity contribution in [2.24, 2.45) is 0 Å². The lowest BCUT2D eigenvalue weighted by Crippen LogP contribution is -2.27. The van der Waals surface area contributed by atoms with Gasteiger partial charge in [-0.15, -0.1) is 0 Å². The Morgan fingerprint density at radius 2 is 2.10 bits per heavy atom. The number of nitrogen functional groups attached to an aromatic ring is 1. The summed E-state index contributed by atoms with van der Waals surface area (Å²) >= 11 is 0. The van der Waals surface area contributed by atoms with Crippen LogP contribution in [0.2, 0.25) is 0 Å². The fraction of sp³-hybridized carbons (Fsp3) is 0.286. The third kappa shape index (κ3) is 3.37. The summed E-state index contributed by atoms with van der Waals surface area (Å²) in [4.78, 5) is 0.0541. The second kappa shape index (κ2) is 6.19. The van der Waals surface area contributed by atoms with Gasteiger partial charge in [0, 0.05) is 12.7 Å². The van der Waals surface area contributed by atoms with E-state index in [0.29, 0.717) is 18.1 Å². The van der Waals surface area contributed by atoms with Gasteiger partial charge in [-0.2, -0.15) is 4.31 Å². The zero-order valence-corrected chi connectivity index (χ0v) is 12.8. The van der Waals surface area contributed by atoms with Crippen LogP contribution in [0.4, 0.5) is 5.69 Å². The van der Waals surface area contributed by atoms with Gasteiger partial charge in [0.25, 0.3) is 0 Å². The van der Waals surface area contributed by atoms with Crippen molar-refractivity contribution in [1.29, 1.82) is 0 Å². The predicted octanol–water partition coefficient (Wildman–Crippen LogP) is 2.08. The lowest BCUT2D eigenvalue weighted by molar-refractivity contribution is 0.329. The topological polar surface area (TPSA) is 85.8 Å². The molecule has 7 heteroatoms. The Bertz CT molecular complexity index is 696. The molecular weight excluding hydrogens is 292 g/mol.